The first-order valence-electron chi connectivity index (χ1n) is 8.28. The van der Waals surface area contributed by atoms with Crippen LogP contribution in [0.15, 0.2) is 41.8 Å². The molecule has 0 spiro atoms. The van der Waals surface area contributed by atoms with E-state index in [-0.39, 0.29) is 18.0 Å². The van der Waals surface area contributed by atoms with Crippen LogP contribution in [0.2, 0.25) is 0 Å². The van der Waals surface area contributed by atoms with Crippen molar-refractivity contribution >= 4 is 34.6 Å². The van der Waals surface area contributed by atoms with E-state index in [0.29, 0.717) is 24.3 Å². The summed E-state index contributed by atoms with van der Waals surface area (Å²) >= 11 is 1.56. The number of carbonyl (C=O) groups is 2. The molecular formula is C18H21N3O3S. The molecule has 1 unspecified atom stereocenters. The van der Waals surface area contributed by atoms with Crippen LogP contribution < -0.4 is 16.0 Å². The van der Waals surface area contributed by atoms with Gasteiger partial charge in [0.2, 0.25) is 5.91 Å². The highest BCUT2D eigenvalue weighted by Crippen LogP contribution is 2.15. The average Bonchev–Trinajstić information content (AvgIpc) is 3.28. The van der Waals surface area contributed by atoms with E-state index in [1.165, 1.54) is 0 Å². The number of thiophene rings is 1. The van der Waals surface area contributed by atoms with Crippen LogP contribution in [0.1, 0.15) is 17.7 Å². The van der Waals surface area contributed by atoms with Crippen LogP contribution in [0, 0.1) is 0 Å². The largest absolute Gasteiger partial charge is 0.376 e. The van der Waals surface area contributed by atoms with Gasteiger partial charge in [0.25, 0.3) is 0 Å². The van der Waals surface area contributed by atoms with Gasteiger partial charge in [0.05, 0.1) is 12.5 Å². The molecule has 3 rings (SSSR count). The molecule has 2 heterocycles. The number of ether oxygens (including phenoxy) is 1. The molecule has 0 bridgehead atoms. The molecule has 3 amide bonds. The Labute approximate surface area is 150 Å². The van der Waals surface area contributed by atoms with Crippen molar-refractivity contribution in [2.75, 3.05) is 23.8 Å². The Morgan fingerprint density at radius 1 is 1.12 bits per heavy atom. The molecule has 1 aromatic carbocycles. The Hall–Kier alpha value is -2.38. The first-order valence-corrected chi connectivity index (χ1v) is 9.16. The maximum Gasteiger partial charge on any atom is 0.319 e. The van der Waals surface area contributed by atoms with Crippen LogP contribution >= 0.6 is 11.3 Å². The van der Waals surface area contributed by atoms with Gasteiger partial charge in [-0.25, -0.2) is 4.79 Å². The van der Waals surface area contributed by atoms with Crippen molar-refractivity contribution in [1.82, 2.24) is 5.32 Å². The maximum atomic E-state index is 12.0. The van der Waals surface area contributed by atoms with Gasteiger partial charge in [-0.15, -0.1) is 11.3 Å². The van der Waals surface area contributed by atoms with Crippen LogP contribution in [0.4, 0.5) is 16.2 Å². The van der Waals surface area contributed by atoms with E-state index < -0.39 is 0 Å². The summed E-state index contributed by atoms with van der Waals surface area (Å²) in [4.78, 5) is 24.8. The number of anilines is 2. The predicted molar refractivity (Wildman–Crippen MR) is 99.1 cm³/mol. The summed E-state index contributed by atoms with van der Waals surface area (Å²) in [7, 11) is 0. The van der Waals surface area contributed by atoms with Crippen molar-refractivity contribution in [1.29, 1.82) is 0 Å². The van der Waals surface area contributed by atoms with E-state index in [0.717, 1.165) is 24.3 Å². The number of nitrogens with one attached hydrogen (secondary N) is 3. The fourth-order valence-electron chi connectivity index (χ4n) is 2.60. The highest BCUT2D eigenvalue weighted by molar-refractivity contribution is 7.10. The Morgan fingerprint density at radius 2 is 1.88 bits per heavy atom. The minimum atomic E-state index is -0.259. The van der Waals surface area contributed by atoms with Gasteiger partial charge in [0.1, 0.15) is 0 Å². The number of hydrogen-bond acceptors (Lipinski definition) is 4. The standard InChI is InChI=1S/C18H21N3O3S/c22-17(11-16-4-2-10-25-16)20-13-5-7-14(8-6-13)21-18(23)19-12-15-3-1-9-24-15/h2,4-8,10,15H,1,3,9,11-12H2,(H,20,22)(H2,19,21,23). The Kier molecular flexibility index (Phi) is 6.03. The smallest absolute Gasteiger partial charge is 0.319 e. The lowest BCUT2D eigenvalue weighted by Gasteiger charge is -2.12. The summed E-state index contributed by atoms with van der Waals surface area (Å²) in [5.74, 6) is -0.0579. The van der Waals surface area contributed by atoms with Crippen LogP contribution in [0.3, 0.4) is 0 Å². The second-order valence-electron chi connectivity index (χ2n) is 5.85. The third-order valence-corrected chi connectivity index (χ3v) is 4.73. The fraction of sp³-hybridized carbons (Fsp3) is 0.333. The first-order chi connectivity index (χ1) is 12.2. The van der Waals surface area contributed by atoms with Gasteiger partial charge in [-0.1, -0.05) is 6.07 Å². The lowest BCUT2D eigenvalue weighted by atomic mass is 10.2. The van der Waals surface area contributed by atoms with Gasteiger partial charge in [-0.05, 0) is 48.6 Å². The summed E-state index contributed by atoms with van der Waals surface area (Å²) in [6, 6.07) is 10.7. The predicted octanol–water partition coefficient (Wildman–Crippen LogP) is 3.23. The van der Waals surface area contributed by atoms with E-state index in [9.17, 15) is 9.59 Å². The molecule has 0 radical (unpaired) electrons. The third kappa shape index (κ3) is 5.58. The molecule has 0 aliphatic carbocycles. The molecule has 1 saturated heterocycles. The van der Waals surface area contributed by atoms with Gasteiger partial charge in [-0.2, -0.15) is 0 Å². The molecule has 1 aliphatic heterocycles. The molecular weight excluding hydrogens is 338 g/mol. The van der Waals surface area contributed by atoms with Crippen LogP contribution in [0.25, 0.3) is 0 Å². The van der Waals surface area contributed by atoms with E-state index in [1.54, 1.807) is 35.6 Å². The van der Waals surface area contributed by atoms with Crippen molar-refractivity contribution in [2.24, 2.45) is 0 Å². The second-order valence-corrected chi connectivity index (χ2v) is 6.88. The lowest BCUT2D eigenvalue weighted by molar-refractivity contribution is -0.115. The van der Waals surface area contributed by atoms with Crippen LogP contribution in [-0.2, 0) is 16.0 Å². The molecule has 132 valence electrons. The van der Waals surface area contributed by atoms with Crippen LogP contribution in [-0.4, -0.2) is 31.2 Å². The third-order valence-electron chi connectivity index (χ3n) is 3.86. The zero-order valence-electron chi connectivity index (χ0n) is 13.8. The van der Waals surface area contributed by atoms with Crippen molar-refractivity contribution in [2.45, 2.75) is 25.4 Å². The Bertz CT molecular complexity index is 695. The molecule has 1 fully saturated rings. The van der Waals surface area contributed by atoms with Gasteiger partial charge in [-0.3, -0.25) is 4.79 Å². The molecule has 1 aromatic heterocycles. The van der Waals surface area contributed by atoms with Crippen molar-refractivity contribution < 1.29 is 14.3 Å². The fourth-order valence-corrected chi connectivity index (χ4v) is 3.30. The van der Waals surface area contributed by atoms with Gasteiger partial charge in [0, 0.05) is 29.4 Å². The number of carbonyl (C=O) groups excluding carboxylic acids is 2. The quantitative estimate of drug-likeness (QED) is 0.741. The average molecular weight is 359 g/mol. The zero-order chi connectivity index (χ0) is 17.5. The SMILES string of the molecule is O=C(Cc1cccs1)Nc1ccc(NC(=O)NCC2CCCO2)cc1. The summed E-state index contributed by atoms with van der Waals surface area (Å²) in [6.45, 7) is 1.29. The summed E-state index contributed by atoms with van der Waals surface area (Å²) < 4.78 is 5.46. The highest BCUT2D eigenvalue weighted by Gasteiger charge is 2.16. The molecule has 2 aromatic rings. The van der Waals surface area contributed by atoms with Crippen molar-refractivity contribution in [3.8, 4) is 0 Å². The van der Waals surface area contributed by atoms with Gasteiger partial charge >= 0.3 is 6.03 Å². The molecule has 0 saturated carbocycles. The maximum absolute atomic E-state index is 12.0. The minimum Gasteiger partial charge on any atom is -0.376 e. The molecule has 6 nitrogen and oxygen atoms in total. The molecule has 7 heteroatoms. The Balaban J connectivity index is 1.43. The highest BCUT2D eigenvalue weighted by atomic mass is 32.1. The van der Waals surface area contributed by atoms with E-state index in [2.05, 4.69) is 16.0 Å². The van der Waals surface area contributed by atoms with E-state index >= 15 is 0 Å². The molecule has 1 atom stereocenters. The number of urea groups is 1. The normalized spacial score (nSPS) is 16.4. The topological polar surface area (TPSA) is 79.5 Å². The molecule has 25 heavy (non-hydrogen) atoms. The number of rotatable bonds is 6. The summed E-state index contributed by atoms with van der Waals surface area (Å²) in [6.07, 6.45) is 2.52. The zero-order valence-corrected chi connectivity index (χ0v) is 14.6. The molecule has 1 aliphatic rings. The number of hydrogen-bond donors (Lipinski definition) is 3. The minimum absolute atomic E-state index is 0.0579. The summed E-state index contributed by atoms with van der Waals surface area (Å²) in [5, 5.41) is 10.4. The lowest BCUT2D eigenvalue weighted by Crippen LogP contribution is -2.35. The van der Waals surface area contributed by atoms with Gasteiger partial charge < -0.3 is 20.7 Å². The van der Waals surface area contributed by atoms with Crippen molar-refractivity contribution in [3.05, 3.63) is 46.7 Å². The first kappa shape index (κ1) is 17.4. The monoisotopic (exact) mass is 359 g/mol. The second kappa shape index (κ2) is 8.64. The van der Waals surface area contributed by atoms with Gasteiger partial charge in [0.15, 0.2) is 0 Å². The van der Waals surface area contributed by atoms with E-state index in [1.807, 2.05) is 17.5 Å². The number of benzene rings is 1. The Morgan fingerprint density at radius 3 is 2.52 bits per heavy atom. The van der Waals surface area contributed by atoms with E-state index in [4.69, 9.17) is 4.74 Å². The number of amides is 3. The molecule has 3 N–H and O–H groups in total. The summed E-state index contributed by atoms with van der Waals surface area (Å²) in [5.41, 5.74) is 1.37. The van der Waals surface area contributed by atoms with Crippen LogP contribution in [0.5, 0.6) is 0 Å². The van der Waals surface area contributed by atoms with Crippen molar-refractivity contribution in [3.63, 3.8) is 0 Å².